The van der Waals surface area contributed by atoms with E-state index in [2.05, 4.69) is 10.2 Å². The van der Waals surface area contributed by atoms with E-state index in [1.165, 1.54) is 12.5 Å². The standard InChI is InChI=1S/C24H24Cl2N2O3/c1-15-11-22-17(12-19(15)26)21(29)13-23(31-22)24(30)27-14-20(28-9-5-2-6-10-28)16-7-3-4-8-18(16)25/h3-4,7-8,11-13,20H,2,5-6,9-10,14H2,1H3,(H,27,30)/t20-/m0/s1. The maximum Gasteiger partial charge on any atom is 0.287 e. The fraction of sp³-hybridized carbons (Fsp3) is 0.333. The van der Waals surface area contributed by atoms with Gasteiger partial charge in [0.1, 0.15) is 5.58 Å². The number of carbonyl (C=O) groups excluding carboxylic acids is 1. The predicted octanol–water partition coefficient (Wildman–Crippen LogP) is 5.37. The summed E-state index contributed by atoms with van der Waals surface area (Å²) in [7, 11) is 0. The molecule has 4 rings (SSSR count). The van der Waals surface area contributed by atoms with Crippen molar-refractivity contribution >= 4 is 40.1 Å². The monoisotopic (exact) mass is 458 g/mol. The molecule has 1 atom stereocenters. The molecule has 1 aromatic heterocycles. The minimum atomic E-state index is -0.430. The zero-order valence-electron chi connectivity index (χ0n) is 17.3. The normalized spacial score (nSPS) is 15.7. The molecule has 1 saturated heterocycles. The molecular formula is C24H24Cl2N2O3. The first-order valence-electron chi connectivity index (χ1n) is 10.4. The molecular weight excluding hydrogens is 435 g/mol. The topological polar surface area (TPSA) is 62.6 Å². The van der Waals surface area contributed by atoms with E-state index in [0.717, 1.165) is 37.1 Å². The second-order valence-electron chi connectivity index (χ2n) is 7.92. The van der Waals surface area contributed by atoms with E-state index in [4.69, 9.17) is 27.6 Å². The van der Waals surface area contributed by atoms with Crippen molar-refractivity contribution in [2.24, 2.45) is 0 Å². The van der Waals surface area contributed by atoms with Gasteiger partial charge < -0.3 is 9.73 Å². The van der Waals surface area contributed by atoms with Crippen LogP contribution in [-0.4, -0.2) is 30.4 Å². The lowest BCUT2D eigenvalue weighted by Gasteiger charge is -2.35. The van der Waals surface area contributed by atoms with Gasteiger partial charge in [-0.1, -0.05) is 47.8 Å². The van der Waals surface area contributed by atoms with Gasteiger partial charge in [-0.05, 0) is 62.2 Å². The van der Waals surface area contributed by atoms with Gasteiger partial charge in [-0.2, -0.15) is 0 Å². The lowest BCUT2D eigenvalue weighted by Crippen LogP contribution is -2.40. The van der Waals surface area contributed by atoms with Gasteiger partial charge in [0.05, 0.1) is 11.4 Å². The van der Waals surface area contributed by atoms with Gasteiger partial charge in [0.2, 0.25) is 0 Å². The quantitative estimate of drug-likeness (QED) is 0.558. The van der Waals surface area contributed by atoms with E-state index in [-0.39, 0.29) is 17.2 Å². The summed E-state index contributed by atoms with van der Waals surface area (Å²) >= 11 is 12.6. The first-order valence-corrected chi connectivity index (χ1v) is 11.2. The Morgan fingerprint density at radius 1 is 1.10 bits per heavy atom. The number of likely N-dealkylation sites (tertiary alicyclic amines) is 1. The first kappa shape index (κ1) is 21.9. The molecule has 0 bridgehead atoms. The first-order chi connectivity index (χ1) is 14.9. The van der Waals surface area contributed by atoms with Crippen LogP contribution in [0.4, 0.5) is 0 Å². The van der Waals surface area contributed by atoms with Crippen molar-refractivity contribution < 1.29 is 9.21 Å². The highest BCUT2D eigenvalue weighted by Gasteiger charge is 2.25. The number of amides is 1. The molecule has 0 spiro atoms. The Balaban J connectivity index is 1.58. The molecule has 3 aromatic rings. The Morgan fingerprint density at radius 3 is 2.58 bits per heavy atom. The van der Waals surface area contributed by atoms with Gasteiger partial charge in [0.15, 0.2) is 11.2 Å². The molecule has 1 fully saturated rings. The highest BCUT2D eigenvalue weighted by molar-refractivity contribution is 6.32. The molecule has 0 saturated carbocycles. The summed E-state index contributed by atoms with van der Waals surface area (Å²) in [6.07, 6.45) is 3.45. The molecule has 0 radical (unpaired) electrons. The number of piperidine rings is 1. The van der Waals surface area contributed by atoms with E-state index in [0.29, 0.717) is 27.6 Å². The minimum absolute atomic E-state index is 0.0178. The smallest absolute Gasteiger partial charge is 0.287 e. The molecule has 162 valence electrons. The van der Waals surface area contributed by atoms with Crippen molar-refractivity contribution in [3.8, 4) is 0 Å². The number of aryl methyl sites for hydroxylation is 1. The molecule has 1 aliphatic rings. The number of nitrogens with zero attached hydrogens (tertiary/aromatic N) is 1. The van der Waals surface area contributed by atoms with Crippen molar-refractivity contribution in [3.05, 3.63) is 79.6 Å². The van der Waals surface area contributed by atoms with Crippen LogP contribution in [0.25, 0.3) is 11.0 Å². The Hall–Kier alpha value is -2.34. The average molecular weight is 459 g/mol. The fourth-order valence-corrected chi connectivity index (χ4v) is 4.50. The molecule has 0 aliphatic carbocycles. The summed E-state index contributed by atoms with van der Waals surface area (Å²) in [5, 5.41) is 4.46. The Morgan fingerprint density at radius 2 is 1.84 bits per heavy atom. The predicted molar refractivity (Wildman–Crippen MR) is 124 cm³/mol. The summed E-state index contributed by atoms with van der Waals surface area (Å²) < 4.78 is 5.74. The van der Waals surface area contributed by atoms with Crippen LogP contribution in [0, 0.1) is 6.92 Å². The highest BCUT2D eigenvalue weighted by Crippen LogP contribution is 2.29. The Bertz CT molecular complexity index is 1170. The zero-order chi connectivity index (χ0) is 22.0. The average Bonchev–Trinajstić information content (AvgIpc) is 2.77. The summed E-state index contributed by atoms with van der Waals surface area (Å²) in [4.78, 5) is 27.7. The number of benzene rings is 2. The van der Waals surface area contributed by atoms with Crippen molar-refractivity contribution in [1.82, 2.24) is 10.2 Å². The van der Waals surface area contributed by atoms with Gasteiger partial charge in [0.25, 0.3) is 5.91 Å². The largest absolute Gasteiger partial charge is 0.451 e. The molecule has 31 heavy (non-hydrogen) atoms. The van der Waals surface area contributed by atoms with Gasteiger partial charge in [-0.25, -0.2) is 0 Å². The molecule has 1 aliphatic heterocycles. The molecule has 1 N–H and O–H groups in total. The van der Waals surface area contributed by atoms with E-state index >= 15 is 0 Å². The third kappa shape index (κ3) is 4.79. The van der Waals surface area contributed by atoms with E-state index in [1.54, 1.807) is 12.1 Å². The molecule has 5 nitrogen and oxygen atoms in total. The van der Waals surface area contributed by atoms with Crippen molar-refractivity contribution in [3.63, 3.8) is 0 Å². The maximum absolute atomic E-state index is 12.9. The van der Waals surface area contributed by atoms with Gasteiger partial charge in [0, 0.05) is 22.7 Å². The van der Waals surface area contributed by atoms with Crippen LogP contribution < -0.4 is 10.7 Å². The SMILES string of the molecule is Cc1cc2oc(C(=O)NC[C@@H](c3ccccc3Cl)N3CCCCC3)cc(=O)c2cc1Cl. The Kier molecular flexibility index (Phi) is 6.65. The van der Waals surface area contributed by atoms with E-state index in [9.17, 15) is 9.59 Å². The van der Waals surface area contributed by atoms with Crippen LogP contribution in [0.5, 0.6) is 0 Å². The lowest BCUT2D eigenvalue weighted by atomic mass is 10.0. The summed E-state index contributed by atoms with van der Waals surface area (Å²) in [5.74, 6) is -0.448. The van der Waals surface area contributed by atoms with Crippen LogP contribution in [-0.2, 0) is 0 Å². The maximum atomic E-state index is 12.9. The van der Waals surface area contributed by atoms with Gasteiger partial charge in [-0.15, -0.1) is 0 Å². The minimum Gasteiger partial charge on any atom is -0.451 e. The van der Waals surface area contributed by atoms with Crippen molar-refractivity contribution in [2.75, 3.05) is 19.6 Å². The van der Waals surface area contributed by atoms with Crippen LogP contribution in [0.1, 0.15) is 47.0 Å². The number of hydrogen-bond acceptors (Lipinski definition) is 4. The van der Waals surface area contributed by atoms with Gasteiger partial charge in [-0.3, -0.25) is 14.5 Å². The number of carbonyl (C=O) groups is 1. The summed E-state index contributed by atoms with van der Waals surface area (Å²) in [5.41, 5.74) is 1.81. The number of nitrogens with one attached hydrogen (secondary N) is 1. The third-order valence-electron chi connectivity index (χ3n) is 5.78. The highest BCUT2D eigenvalue weighted by atomic mass is 35.5. The summed E-state index contributed by atoms with van der Waals surface area (Å²) in [6, 6.07) is 12.1. The molecule has 7 heteroatoms. The van der Waals surface area contributed by atoms with Crippen LogP contribution in [0.3, 0.4) is 0 Å². The fourth-order valence-electron chi connectivity index (χ4n) is 4.08. The number of rotatable bonds is 5. The number of hydrogen-bond donors (Lipinski definition) is 1. The van der Waals surface area contributed by atoms with Gasteiger partial charge >= 0.3 is 0 Å². The van der Waals surface area contributed by atoms with E-state index in [1.807, 2.05) is 31.2 Å². The number of fused-ring (bicyclic) bond motifs is 1. The number of halogens is 2. The molecule has 1 amide bonds. The molecule has 0 unspecified atom stereocenters. The summed E-state index contributed by atoms with van der Waals surface area (Å²) in [6.45, 7) is 4.10. The van der Waals surface area contributed by atoms with Crippen molar-refractivity contribution in [1.29, 1.82) is 0 Å². The molecule has 2 heterocycles. The van der Waals surface area contributed by atoms with E-state index < -0.39 is 5.91 Å². The second kappa shape index (κ2) is 9.43. The lowest BCUT2D eigenvalue weighted by molar-refractivity contribution is 0.0897. The molecule has 2 aromatic carbocycles. The van der Waals surface area contributed by atoms with Crippen molar-refractivity contribution in [2.45, 2.75) is 32.2 Å². The third-order valence-corrected chi connectivity index (χ3v) is 6.54. The van der Waals surface area contributed by atoms with Crippen LogP contribution in [0.2, 0.25) is 10.0 Å². The Labute approximate surface area is 190 Å². The zero-order valence-corrected chi connectivity index (χ0v) is 18.8. The van der Waals surface area contributed by atoms with Crippen LogP contribution in [0.15, 0.2) is 51.7 Å². The second-order valence-corrected chi connectivity index (χ2v) is 8.73. The van der Waals surface area contributed by atoms with Crippen LogP contribution >= 0.6 is 23.2 Å².